The first-order valence-electron chi connectivity index (χ1n) is 6.29. The van der Waals surface area contributed by atoms with Crippen LogP contribution in [0.5, 0.6) is 0 Å². The third kappa shape index (κ3) is 1.80. The van der Waals surface area contributed by atoms with Gasteiger partial charge in [0.2, 0.25) is 0 Å². The van der Waals surface area contributed by atoms with E-state index in [0.29, 0.717) is 12.5 Å². The number of aryl methyl sites for hydroxylation is 1. The fraction of sp³-hybridized carbons (Fsp3) is 0.462. The Hall–Kier alpha value is -1.75. The van der Waals surface area contributed by atoms with Crippen LogP contribution in [0, 0.1) is 13.8 Å². The lowest BCUT2D eigenvalue weighted by Gasteiger charge is -2.10. The van der Waals surface area contributed by atoms with E-state index in [1.165, 1.54) is 12.8 Å². The van der Waals surface area contributed by atoms with Crippen LogP contribution in [-0.2, 0) is 6.54 Å². The largest absolute Gasteiger partial charge is 0.326 e. The summed E-state index contributed by atoms with van der Waals surface area (Å²) in [5, 5.41) is 13.0. The molecule has 1 aliphatic rings. The van der Waals surface area contributed by atoms with E-state index in [1.54, 1.807) is 4.68 Å². The van der Waals surface area contributed by atoms with Crippen molar-refractivity contribution < 1.29 is 0 Å². The number of nitrogens with two attached hydrogens (primary N) is 1. The third-order valence-electron chi connectivity index (χ3n) is 3.59. The second-order valence-corrected chi connectivity index (χ2v) is 4.88. The molecule has 1 aliphatic carbocycles. The highest BCUT2D eigenvalue weighted by Crippen LogP contribution is 2.39. The van der Waals surface area contributed by atoms with Crippen molar-refractivity contribution in [2.75, 3.05) is 0 Å². The van der Waals surface area contributed by atoms with Crippen molar-refractivity contribution in [1.82, 2.24) is 20.0 Å². The zero-order valence-corrected chi connectivity index (χ0v) is 10.7. The van der Waals surface area contributed by atoms with Gasteiger partial charge in [-0.3, -0.25) is 0 Å². The Morgan fingerprint density at radius 2 is 2.11 bits per heavy atom. The van der Waals surface area contributed by atoms with E-state index < -0.39 is 0 Å². The van der Waals surface area contributed by atoms with E-state index in [2.05, 4.69) is 21.4 Å². The molecule has 0 saturated heterocycles. The van der Waals surface area contributed by atoms with Gasteiger partial charge in [-0.05, 0) is 38.3 Å². The monoisotopic (exact) mass is 243 g/mol. The molecule has 0 unspecified atom stereocenters. The molecule has 0 atom stereocenters. The van der Waals surface area contributed by atoms with Crippen molar-refractivity contribution in [3.8, 4) is 5.82 Å². The molecule has 94 valence electrons. The van der Waals surface area contributed by atoms with Gasteiger partial charge in [-0.15, -0.1) is 5.10 Å². The van der Waals surface area contributed by atoms with Gasteiger partial charge >= 0.3 is 0 Å². The quantitative estimate of drug-likeness (QED) is 0.889. The van der Waals surface area contributed by atoms with Gasteiger partial charge in [0.05, 0.1) is 11.4 Å². The summed E-state index contributed by atoms with van der Waals surface area (Å²) < 4.78 is 1.80. The summed E-state index contributed by atoms with van der Waals surface area (Å²) in [6.07, 6.45) is 4.45. The first kappa shape index (κ1) is 11.3. The predicted octanol–water partition coefficient (Wildman–Crippen LogP) is 1.62. The molecule has 1 saturated carbocycles. The van der Waals surface area contributed by atoms with Crippen molar-refractivity contribution in [3.63, 3.8) is 0 Å². The molecule has 5 nitrogen and oxygen atoms in total. The summed E-state index contributed by atoms with van der Waals surface area (Å²) in [5.41, 5.74) is 10.0. The van der Waals surface area contributed by atoms with E-state index >= 15 is 0 Å². The molecular weight excluding hydrogens is 226 g/mol. The second-order valence-electron chi connectivity index (χ2n) is 4.88. The molecule has 2 heterocycles. The summed E-state index contributed by atoms with van der Waals surface area (Å²) in [4.78, 5) is 0. The molecule has 5 heteroatoms. The van der Waals surface area contributed by atoms with Crippen molar-refractivity contribution in [3.05, 3.63) is 34.8 Å². The van der Waals surface area contributed by atoms with Crippen molar-refractivity contribution >= 4 is 0 Å². The van der Waals surface area contributed by atoms with Crippen LogP contribution in [0.2, 0.25) is 0 Å². The molecule has 0 spiro atoms. The Labute approximate surface area is 106 Å². The standard InChI is InChI=1S/C13H17N5/c1-8-9(2)15-16-13(11(8)7-14)18-6-5-12(17-18)10-3-4-10/h5-6,10H,3-4,7,14H2,1-2H3. The normalized spacial score (nSPS) is 15.1. The summed E-state index contributed by atoms with van der Waals surface area (Å²) in [6, 6.07) is 2.06. The average molecular weight is 243 g/mol. The van der Waals surface area contributed by atoms with E-state index in [9.17, 15) is 0 Å². The Kier molecular flexibility index (Phi) is 2.63. The lowest BCUT2D eigenvalue weighted by atomic mass is 10.1. The van der Waals surface area contributed by atoms with Crippen LogP contribution in [0.15, 0.2) is 12.3 Å². The molecule has 0 aromatic carbocycles. The fourth-order valence-corrected chi connectivity index (χ4v) is 2.13. The lowest BCUT2D eigenvalue weighted by Crippen LogP contribution is -2.12. The Morgan fingerprint density at radius 1 is 1.33 bits per heavy atom. The smallest absolute Gasteiger partial charge is 0.180 e. The van der Waals surface area contributed by atoms with Gasteiger partial charge < -0.3 is 5.73 Å². The topological polar surface area (TPSA) is 69.6 Å². The zero-order valence-electron chi connectivity index (χ0n) is 10.7. The van der Waals surface area contributed by atoms with Crippen LogP contribution in [-0.4, -0.2) is 20.0 Å². The molecule has 3 rings (SSSR count). The Morgan fingerprint density at radius 3 is 2.78 bits per heavy atom. The minimum Gasteiger partial charge on any atom is -0.326 e. The summed E-state index contributed by atoms with van der Waals surface area (Å²) >= 11 is 0. The minimum absolute atomic E-state index is 0.455. The van der Waals surface area contributed by atoms with Gasteiger partial charge in [0.1, 0.15) is 0 Å². The van der Waals surface area contributed by atoms with Gasteiger partial charge in [0.25, 0.3) is 0 Å². The highest BCUT2D eigenvalue weighted by molar-refractivity contribution is 5.40. The molecule has 0 radical (unpaired) electrons. The Bertz CT molecular complexity index is 583. The first-order valence-corrected chi connectivity index (χ1v) is 6.29. The second kappa shape index (κ2) is 4.17. The summed E-state index contributed by atoms with van der Waals surface area (Å²) in [5.74, 6) is 1.40. The molecule has 1 fully saturated rings. The Balaban J connectivity index is 2.06. The van der Waals surface area contributed by atoms with Crippen LogP contribution in [0.3, 0.4) is 0 Å². The predicted molar refractivity (Wildman–Crippen MR) is 68.5 cm³/mol. The van der Waals surface area contributed by atoms with Crippen LogP contribution >= 0.6 is 0 Å². The average Bonchev–Trinajstić information content (AvgIpc) is 3.11. The van der Waals surface area contributed by atoms with Crippen molar-refractivity contribution in [1.29, 1.82) is 0 Å². The van der Waals surface area contributed by atoms with Crippen LogP contribution < -0.4 is 5.73 Å². The molecule has 0 aliphatic heterocycles. The highest BCUT2D eigenvalue weighted by Gasteiger charge is 2.26. The van der Waals surface area contributed by atoms with E-state index in [-0.39, 0.29) is 0 Å². The van der Waals surface area contributed by atoms with Gasteiger partial charge in [-0.2, -0.15) is 10.2 Å². The van der Waals surface area contributed by atoms with Crippen molar-refractivity contribution in [2.45, 2.75) is 39.2 Å². The number of nitrogens with zero attached hydrogens (tertiary/aromatic N) is 4. The minimum atomic E-state index is 0.455. The maximum Gasteiger partial charge on any atom is 0.180 e. The van der Waals surface area contributed by atoms with E-state index in [4.69, 9.17) is 5.73 Å². The van der Waals surface area contributed by atoms with Crippen LogP contribution in [0.1, 0.15) is 41.3 Å². The van der Waals surface area contributed by atoms with Gasteiger partial charge in [0, 0.05) is 24.2 Å². The molecule has 2 aromatic rings. The molecular formula is C13H17N5. The lowest BCUT2D eigenvalue weighted by molar-refractivity contribution is 0.759. The molecule has 2 aromatic heterocycles. The highest BCUT2D eigenvalue weighted by atomic mass is 15.3. The van der Waals surface area contributed by atoms with E-state index in [0.717, 1.165) is 28.3 Å². The maximum atomic E-state index is 5.83. The number of hydrogen-bond acceptors (Lipinski definition) is 4. The summed E-state index contributed by atoms with van der Waals surface area (Å²) in [6.45, 7) is 4.43. The molecule has 2 N–H and O–H groups in total. The van der Waals surface area contributed by atoms with Crippen LogP contribution in [0.4, 0.5) is 0 Å². The number of rotatable bonds is 3. The zero-order chi connectivity index (χ0) is 12.7. The molecule has 0 bridgehead atoms. The van der Waals surface area contributed by atoms with Crippen LogP contribution in [0.25, 0.3) is 5.82 Å². The van der Waals surface area contributed by atoms with Gasteiger partial charge in [-0.1, -0.05) is 0 Å². The summed E-state index contributed by atoms with van der Waals surface area (Å²) in [7, 11) is 0. The first-order chi connectivity index (χ1) is 8.70. The number of aromatic nitrogens is 4. The maximum absolute atomic E-state index is 5.83. The van der Waals surface area contributed by atoms with Gasteiger partial charge in [-0.25, -0.2) is 4.68 Å². The van der Waals surface area contributed by atoms with Gasteiger partial charge in [0.15, 0.2) is 5.82 Å². The SMILES string of the molecule is Cc1nnc(-n2ccc(C3CC3)n2)c(CN)c1C. The van der Waals surface area contributed by atoms with E-state index in [1.807, 2.05) is 20.0 Å². The number of hydrogen-bond donors (Lipinski definition) is 1. The molecule has 18 heavy (non-hydrogen) atoms. The fourth-order valence-electron chi connectivity index (χ4n) is 2.13. The third-order valence-corrected chi connectivity index (χ3v) is 3.59. The molecule has 0 amide bonds. The van der Waals surface area contributed by atoms with Crippen molar-refractivity contribution in [2.24, 2.45) is 5.73 Å².